The molecule has 1 aliphatic rings. The van der Waals surface area contributed by atoms with E-state index in [0.29, 0.717) is 12.5 Å². The normalized spacial score (nSPS) is 17.7. The Morgan fingerprint density at radius 3 is 2.76 bits per heavy atom. The molecule has 2 rings (SSSR count). The van der Waals surface area contributed by atoms with Crippen LogP contribution in [0, 0.1) is 5.92 Å². The average molecular weight is 311 g/mol. The van der Waals surface area contributed by atoms with E-state index in [-0.39, 0.29) is 6.09 Å². The fourth-order valence-electron chi connectivity index (χ4n) is 2.44. The lowest BCUT2D eigenvalue weighted by atomic mass is 9.97. The van der Waals surface area contributed by atoms with E-state index in [2.05, 4.69) is 20.6 Å². The van der Waals surface area contributed by atoms with Crippen LogP contribution >= 0.6 is 11.3 Å². The number of ether oxygens (including phenoxy) is 1. The number of carbonyl (C=O) groups is 1. The van der Waals surface area contributed by atoms with E-state index in [1.807, 2.05) is 26.3 Å². The van der Waals surface area contributed by atoms with E-state index in [4.69, 9.17) is 4.74 Å². The molecule has 0 saturated carbocycles. The van der Waals surface area contributed by atoms with Gasteiger partial charge in [-0.2, -0.15) is 0 Å². The number of hydrogen-bond acceptors (Lipinski definition) is 5. The van der Waals surface area contributed by atoms with E-state index in [1.54, 1.807) is 11.3 Å². The third-order valence-electron chi connectivity index (χ3n) is 3.51. The second-order valence-corrected chi connectivity index (χ2v) is 7.30. The Labute approximate surface area is 130 Å². The lowest BCUT2D eigenvalue weighted by Gasteiger charge is -2.31. The third-order valence-corrected chi connectivity index (χ3v) is 4.15. The summed E-state index contributed by atoms with van der Waals surface area (Å²) in [6.07, 6.45) is 1.91. The molecular formula is C15H25N3O2S. The van der Waals surface area contributed by atoms with Gasteiger partial charge in [0, 0.05) is 18.5 Å². The van der Waals surface area contributed by atoms with Gasteiger partial charge in [-0.1, -0.05) is 0 Å². The largest absolute Gasteiger partial charge is 0.444 e. The summed E-state index contributed by atoms with van der Waals surface area (Å²) in [6, 6.07) is 0. The minimum atomic E-state index is -0.430. The van der Waals surface area contributed by atoms with Crippen LogP contribution in [0.2, 0.25) is 0 Å². The summed E-state index contributed by atoms with van der Waals surface area (Å²) >= 11 is 1.65. The molecule has 1 amide bonds. The Morgan fingerprint density at radius 1 is 1.48 bits per heavy atom. The monoisotopic (exact) mass is 311 g/mol. The van der Waals surface area contributed by atoms with Gasteiger partial charge in [0.05, 0.1) is 11.2 Å². The molecule has 5 nitrogen and oxygen atoms in total. The van der Waals surface area contributed by atoms with E-state index in [0.717, 1.165) is 38.2 Å². The van der Waals surface area contributed by atoms with Crippen molar-refractivity contribution in [3.8, 4) is 0 Å². The molecule has 118 valence electrons. The Kier molecular flexibility index (Phi) is 5.58. The van der Waals surface area contributed by atoms with E-state index in [9.17, 15) is 4.79 Å². The molecule has 1 fully saturated rings. The quantitative estimate of drug-likeness (QED) is 0.929. The number of rotatable bonds is 4. The van der Waals surface area contributed by atoms with Crippen molar-refractivity contribution < 1.29 is 9.53 Å². The van der Waals surface area contributed by atoms with Crippen LogP contribution in [0.5, 0.6) is 0 Å². The summed E-state index contributed by atoms with van der Waals surface area (Å²) in [5.41, 5.74) is 2.61. The SMILES string of the molecule is CC(C)(C)OC(=O)NCC1CCN(Cc2cscn2)CC1. The minimum Gasteiger partial charge on any atom is -0.444 e. The number of nitrogens with one attached hydrogen (secondary N) is 1. The zero-order valence-corrected chi connectivity index (χ0v) is 13.9. The number of aromatic nitrogens is 1. The first-order valence-electron chi connectivity index (χ1n) is 7.48. The molecular weight excluding hydrogens is 286 g/mol. The predicted molar refractivity (Wildman–Crippen MR) is 84.4 cm³/mol. The van der Waals surface area contributed by atoms with Gasteiger partial charge in [-0.05, 0) is 52.6 Å². The van der Waals surface area contributed by atoms with Crippen LogP contribution in [-0.2, 0) is 11.3 Å². The maximum atomic E-state index is 11.6. The summed E-state index contributed by atoms with van der Waals surface area (Å²) in [6.45, 7) is 9.42. The molecule has 1 aromatic heterocycles. The first-order valence-corrected chi connectivity index (χ1v) is 8.43. The van der Waals surface area contributed by atoms with Gasteiger partial charge >= 0.3 is 6.09 Å². The summed E-state index contributed by atoms with van der Waals surface area (Å²) in [7, 11) is 0. The molecule has 0 aromatic carbocycles. The number of thiazole rings is 1. The van der Waals surface area contributed by atoms with Crippen molar-refractivity contribution in [2.75, 3.05) is 19.6 Å². The van der Waals surface area contributed by atoms with Crippen molar-refractivity contribution in [2.45, 2.75) is 45.8 Å². The van der Waals surface area contributed by atoms with Crippen LogP contribution in [0.1, 0.15) is 39.3 Å². The molecule has 6 heteroatoms. The Morgan fingerprint density at radius 2 is 2.19 bits per heavy atom. The molecule has 1 N–H and O–H groups in total. The topological polar surface area (TPSA) is 54.5 Å². The zero-order valence-electron chi connectivity index (χ0n) is 13.1. The number of alkyl carbamates (subject to hydrolysis) is 1. The summed E-state index contributed by atoms with van der Waals surface area (Å²) in [4.78, 5) is 18.4. The van der Waals surface area contributed by atoms with Crippen molar-refractivity contribution in [2.24, 2.45) is 5.92 Å². The minimum absolute atomic E-state index is 0.313. The fourth-order valence-corrected chi connectivity index (χ4v) is 2.98. The summed E-state index contributed by atoms with van der Waals surface area (Å²) in [5.74, 6) is 0.546. The van der Waals surface area contributed by atoms with Crippen molar-refractivity contribution in [1.29, 1.82) is 0 Å². The molecule has 0 bridgehead atoms. The Hall–Kier alpha value is -1.14. The van der Waals surface area contributed by atoms with E-state index < -0.39 is 5.60 Å². The van der Waals surface area contributed by atoms with Gasteiger partial charge < -0.3 is 10.1 Å². The number of amides is 1. The molecule has 0 unspecified atom stereocenters. The number of carbonyl (C=O) groups excluding carboxylic acids is 1. The first kappa shape index (κ1) is 16.2. The predicted octanol–water partition coefficient (Wildman–Crippen LogP) is 2.88. The highest BCUT2D eigenvalue weighted by Crippen LogP contribution is 2.18. The maximum absolute atomic E-state index is 11.6. The van der Waals surface area contributed by atoms with Gasteiger partial charge in [-0.15, -0.1) is 11.3 Å². The Bertz CT molecular complexity index is 434. The van der Waals surface area contributed by atoms with Crippen LogP contribution in [-0.4, -0.2) is 41.2 Å². The summed E-state index contributed by atoms with van der Waals surface area (Å²) in [5, 5.41) is 4.99. The third kappa shape index (κ3) is 6.01. The highest BCUT2D eigenvalue weighted by molar-refractivity contribution is 7.07. The smallest absolute Gasteiger partial charge is 0.407 e. The van der Waals surface area contributed by atoms with Gasteiger partial charge in [-0.3, -0.25) is 4.90 Å². The van der Waals surface area contributed by atoms with Crippen molar-refractivity contribution in [3.05, 3.63) is 16.6 Å². The van der Waals surface area contributed by atoms with Crippen molar-refractivity contribution in [3.63, 3.8) is 0 Å². The highest BCUT2D eigenvalue weighted by Gasteiger charge is 2.21. The first-order chi connectivity index (χ1) is 9.92. The molecule has 2 heterocycles. The molecule has 1 aliphatic heterocycles. The average Bonchev–Trinajstić information content (AvgIpc) is 2.89. The van der Waals surface area contributed by atoms with Gasteiger partial charge in [0.15, 0.2) is 0 Å². The van der Waals surface area contributed by atoms with E-state index in [1.165, 1.54) is 0 Å². The molecule has 0 radical (unpaired) electrons. The second kappa shape index (κ2) is 7.22. The van der Waals surface area contributed by atoms with Crippen LogP contribution in [0.15, 0.2) is 10.9 Å². The van der Waals surface area contributed by atoms with Gasteiger partial charge in [0.1, 0.15) is 5.60 Å². The molecule has 21 heavy (non-hydrogen) atoms. The van der Waals surface area contributed by atoms with Gasteiger partial charge in [0.2, 0.25) is 0 Å². The molecule has 1 aromatic rings. The van der Waals surface area contributed by atoms with Crippen molar-refractivity contribution in [1.82, 2.24) is 15.2 Å². The Balaban J connectivity index is 1.64. The lowest BCUT2D eigenvalue weighted by Crippen LogP contribution is -2.40. The standard InChI is InChI=1S/C15H25N3O2S/c1-15(2,3)20-14(19)16-8-12-4-6-18(7-5-12)9-13-10-21-11-17-13/h10-12H,4-9H2,1-3H3,(H,16,19). The number of piperidine rings is 1. The zero-order chi connectivity index (χ0) is 15.3. The fraction of sp³-hybridized carbons (Fsp3) is 0.733. The van der Waals surface area contributed by atoms with Crippen LogP contribution < -0.4 is 5.32 Å². The van der Waals surface area contributed by atoms with Crippen LogP contribution in [0.3, 0.4) is 0 Å². The number of nitrogens with zero attached hydrogens (tertiary/aromatic N) is 2. The van der Waals surface area contributed by atoms with E-state index >= 15 is 0 Å². The maximum Gasteiger partial charge on any atom is 0.407 e. The van der Waals surface area contributed by atoms with Crippen molar-refractivity contribution >= 4 is 17.4 Å². The molecule has 1 saturated heterocycles. The summed E-state index contributed by atoms with van der Waals surface area (Å²) < 4.78 is 5.25. The number of hydrogen-bond donors (Lipinski definition) is 1. The lowest BCUT2D eigenvalue weighted by molar-refractivity contribution is 0.0509. The van der Waals surface area contributed by atoms with Gasteiger partial charge in [-0.25, -0.2) is 9.78 Å². The van der Waals surface area contributed by atoms with Crippen LogP contribution in [0.4, 0.5) is 4.79 Å². The highest BCUT2D eigenvalue weighted by atomic mass is 32.1. The molecule has 0 atom stereocenters. The molecule has 0 aliphatic carbocycles. The van der Waals surface area contributed by atoms with Gasteiger partial charge in [0.25, 0.3) is 0 Å². The second-order valence-electron chi connectivity index (χ2n) is 6.58. The van der Waals surface area contributed by atoms with Crippen LogP contribution in [0.25, 0.3) is 0 Å². The number of likely N-dealkylation sites (tertiary alicyclic amines) is 1. The molecule has 0 spiro atoms.